The second-order valence-corrected chi connectivity index (χ2v) is 23.4. The topological polar surface area (TPSA) is 25.2 Å². The van der Waals surface area contributed by atoms with Crippen molar-refractivity contribution in [3.8, 4) is 39.1 Å². The van der Waals surface area contributed by atoms with Crippen LogP contribution in [0.15, 0.2) is 261 Å². The van der Waals surface area contributed by atoms with E-state index in [1.807, 2.05) is 18.2 Å². The lowest BCUT2D eigenvalue weighted by Crippen LogP contribution is -2.48. The van der Waals surface area contributed by atoms with Crippen molar-refractivity contribution in [2.24, 2.45) is 0 Å². The zero-order valence-corrected chi connectivity index (χ0v) is 42.0. The third-order valence-electron chi connectivity index (χ3n) is 16.7. The van der Waals surface area contributed by atoms with Crippen molar-refractivity contribution < 1.29 is 4.57 Å². The predicted molar refractivity (Wildman–Crippen MR) is 309 cm³/mol. The first-order chi connectivity index (χ1) is 36.3. The van der Waals surface area contributed by atoms with Crippen molar-refractivity contribution in [3.05, 3.63) is 294 Å². The van der Waals surface area contributed by atoms with Crippen LogP contribution in [0.4, 0.5) is 17.1 Å². The van der Waals surface area contributed by atoms with E-state index >= 15 is 4.57 Å². The number of hydrogen-bond acceptors (Lipinski definition) is 2. The minimum Gasteiger partial charge on any atom is -0.310 e. The largest absolute Gasteiger partial charge is 0.310 e. The molecule has 350 valence electrons. The molecule has 2 aliphatic heterocycles. The van der Waals surface area contributed by atoms with Crippen LogP contribution in [0.1, 0.15) is 47.2 Å². The van der Waals surface area contributed by atoms with E-state index in [2.05, 4.69) is 266 Å². The number of rotatable bonds is 6. The Balaban J connectivity index is 0.936. The molecule has 0 bridgehead atoms. The van der Waals surface area contributed by atoms with Gasteiger partial charge in [0, 0.05) is 49.2 Å². The molecule has 4 heteroatoms. The number of fused-ring (bicyclic) bond motifs is 14. The molecule has 2 unspecified atom stereocenters. The normalized spacial score (nSPS) is 17.3. The molecule has 3 aliphatic rings. The number of aromatic nitrogens is 1. The summed E-state index contributed by atoms with van der Waals surface area (Å²) in [4.78, 5) is 2.39. The molecule has 1 aromatic heterocycles. The van der Waals surface area contributed by atoms with Crippen LogP contribution < -0.4 is 20.8 Å². The van der Waals surface area contributed by atoms with Crippen molar-refractivity contribution in [1.82, 2.24) is 4.57 Å². The zero-order chi connectivity index (χ0) is 49.3. The van der Waals surface area contributed by atoms with Crippen LogP contribution in [0.2, 0.25) is 0 Å². The van der Waals surface area contributed by atoms with Gasteiger partial charge in [0.1, 0.15) is 0 Å². The van der Waals surface area contributed by atoms with Gasteiger partial charge in [-0.05, 0) is 127 Å². The number of para-hydroxylation sites is 3. The fourth-order valence-electron chi connectivity index (χ4n) is 13.3. The minimum atomic E-state index is -3.41. The first-order valence-electron chi connectivity index (χ1n) is 25.7. The molecular weight excluding hydrogens is 916 g/mol. The molecule has 0 amide bonds. The van der Waals surface area contributed by atoms with Crippen LogP contribution in [0.3, 0.4) is 0 Å². The molecule has 0 N–H and O–H groups in total. The molecule has 3 heterocycles. The van der Waals surface area contributed by atoms with E-state index in [1.54, 1.807) is 0 Å². The Morgan fingerprint density at radius 3 is 1.69 bits per heavy atom. The minimum absolute atomic E-state index is 0.148. The van der Waals surface area contributed by atoms with Gasteiger partial charge in [-0.3, -0.25) is 0 Å². The Hall–Kier alpha value is -8.75. The molecule has 12 aromatic rings. The van der Waals surface area contributed by atoms with E-state index in [1.165, 1.54) is 66.3 Å². The Kier molecular flexibility index (Phi) is 9.20. The maximum atomic E-state index is 16.7. The van der Waals surface area contributed by atoms with Crippen molar-refractivity contribution >= 4 is 61.9 Å². The fraction of sp³-hybridized carbons (Fsp3) is 0.0571. The van der Waals surface area contributed by atoms with E-state index < -0.39 is 12.6 Å². The first-order valence-corrected chi connectivity index (χ1v) is 27.4. The van der Waals surface area contributed by atoms with Crippen molar-refractivity contribution in [1.29, 1.82) is 0 Å². The van der Waals surface area contributed by atoms with Gasteiger partial charge in [-0.1, -0.05) is 214 Å². The van der Waals surface area contributed by atoms with Gasteiger partial charge < -0.3 is 14.0 Å². The van der Waals surface area contributed by atoms with E-state index in [-0.39, 0.29) is 5.41 Å². The number of benzene rings is 11. The molecule has 1 aliphatic carbocycles. The third kappa shape index (κ3) is 5.82. The summed E-state index contributed by atoms with van der Waals surface area (Å²) in [6.07, 6.45) is 0. The lowest BCUT2D eigenvalue weighted by molar-refractivity contribution is 0.590. The number of hydrogen-bond donors (Lipinski definition) is 0. The van der Waals surface area contributed by atoms with Gasteiger partial charge in [-0.2, -0.15) is 0 Å². The van der Waals surface area contributed by atoms with Crippen molar-refractivity contribution in [2.75, 3.05) is 4.90 Å². The van der Waals surface area contributed by atoms with Crippen LogP contribution in [0.25, 0.3) is 60.9 Å². The second kappa shape index (κ2) is 15.9. The summed E-state index contributed by atoms with van der Waals surface area (Å²) in [5.74, 6) is 0. The van der Waals surface area contributed by atoms with Crippen molar-refractivity contribution in [3.63, 3.8) is 0 Å². The summed E-state index contributed by atoms with van der Waals surface area (Å²) in [6.45, 7) is 4.70. The summed E-state index contributed by atoms with van der Waals surface area (Å²) < 4.78 is 19.2. The van der Waals surface area contributed by atoms with Crippen LogP contribution in [-0.4, -0.2) is 4.57 Å². The van der Waals surface area contributed by atoms with Gasteiger partial charge in [0.2, 0.25) is 0 Å². The van der Waals surface area contributed by atoms with Gasteiger partial charge in [0.05, 0.1) is 22.1 Å². The summed E-state index contributed by atoms with van der Waals surface area (Å²) >= 11 is 0. The molecule has 15 rings (SSSR count). The predicted octanol–water partition coefficient (Wildman–Crippen LogP) is 16.5. The lowest BCUT2D eigenvalue weighted by Gasteiger charge is -2.47. The molecule has 1 spiro atoms. The van der Waals surface area contributed by atoms with E-state index in [0.717, 1.165) is 60.9 Å². The molecule has 3 nitrogen and oxygen atoms in total. The summed E-state index contributed by atoms with van der Waals surface area (Å²) in [5, 5.41) is 5.05. The second-order valence-electron chi connectivity index (χ2n) is 20.7. The van der Waals surface area contributed by atoms with Crippen LogP contribution in [-0.2, 0) is 15.4 Å². The lowest BCUT2D eigenvalue weighted by atomic mass is 9.62. The van der Waals surface area contributed by atoms with E-state index in [9.17, 15) is 0 Å². The fourth-order valence-corrected chi connectivity index (χ4v) is 16.5. The highest BCUT2D eigenvalue weighted by Gasteiger charge is 2.54. The van der Waals surface area contributed by atoms with Gasteiger partial charge in [0.25, 0.3) is 0 Å². The highest BCUT2D eigenvalue weighted by atomic mass is 31.2. The highest BCUT2D eigenvalue weighted by molar-refractivity contribution is 7.85. The maximum Gasteiger partial charge on any atom is 0.171 e. The average Bonchev–Trinajstić information content (AvgIpc) is 3.92. The Labute approximate surface area is 431 Å². The Morgan fingerprint density at radius 1 is 0.378 bits per heavy atom. The summed E-state index contributed by atoms with van der Waals surface area (Å²) in [6, 6.07) is 94.5. The quantitative estimate of drug-likeness (QED) is 0.155. The Bertz CT molecular complexity index is 4300. The van der Waals surface area contributed by atoms with Crippen LogP contribution >= 0.6 is 7.14 Å². The highest BCUT2D eigenvalue weighted by Crippen LogP contribution is 2.61. The first kappa shape index (κ1) is 42.9. The van der Waals surface area contributed by atoms with E-state index in [4.69, 9.17) is 0 Å². The molecule has 0 fully saturated rings. The molecule has 11 aromatic carbocycles. The van der Waals surface area contributed by atoms with E-state index in [0.29, 0.717) is 0 Å². The summed E-state index contributed by atoms with van der Waals surface area (Å²) in [7, 11) is -3.41. The monoisotopic (exact) mass is 964 g/mol. The van der Waals surface area contributed by atoms with Gasteiger partial charge in [-0.15, -0.1) is 0 Å². The number of anilines is 3. The number of nitrogens with zero attached hydrogens (tertiary/aromatic N) is 2. The third-order valence-corrected chi connectivity index (χ3v) is 19.8. The van der Waals surface area contributed by atoms with Gasteiger partial charge in [-0.25, -0.2) is 0 Å². The molecule has 74 heavy (non-hydrogen) atoms. The smallest absolute Gasteiger partial charge is 0.171 e. The SMILES string of the molecule is CC1(C)c2ccccc2-c2ccc(N(c3ccc(-c4ccccc4)cc3)c3ccc(-c4ccc5c(c4)C4(c6ccccc6-n6c7ccccc7c7cccc4c76)c4ccccc4P5(=O)c4ccccc4)cc3)cc21. The average molecular weight is 965 g/mol. The van der Waals surface area contributed by atoms with Crippen molar-refractivity contribution in [2.45, 2.75) is 24.7 Å². The molecular formula is C70H49N2OP. The summed E-state index contributed by atoms with van der Waals surface area (Å²) in [5.41, 5.74) is 20.1. The molecule has 0 saturated carbocycles. The maximum absolute atomic E-state index is 16.7. The van der Waals surface area contributed by atoms with Crippen LogP contribution in [0, 0.1) is 0 Å². The van der Waals surface area contributed by atoms with Crippen LogP contribution in [0.5, 0.6) is 0 Å². The molecule has 2 atom stereocenters. The molecule has 0 saturated heterocycles. The van der Waals surface area contributed by atoms with Gasteiger partial charge in [0.15, 0.2) is 7.14 Å². The zero-order valence-electron chi connectivity index (χ0n) is 41.1. The molecule has 0 radical (unpaired) electrons. The Morgan fingerprint density at radius 2 is 0.919 bits per heavy atom. The standard InChI is InChI=1S/C70H49N2OP/c1-69(2)58-25-11-9-22-54(58)55-42-41-52(45-62(55)69)71(50-37-32-47(33-38-50)46-18-5-3-6-19-46)51-39-34-48(35-40-51)49-36-43-67-63(44-49)70(60-27-13-16-31-66(60)74(67,73)53-20-7-4-8-21-53)59-26-12-15-30-65(59)72-64-29-14-10-23-56(64)57-24-17-28-61(70)68(57)72/h3-45H,1-2H3. The van der Waals surface area contributed by atoms with Gasteiger partial charge >= 0.3 is 0 Å².